The molecule has 1 amide bonds. The maximum atomic E-state index is 13.2. The number of piperidine rings is 1. The Hall–Kier alpha value is -3.99. The van der Waals surface area contributed by atoms with Gasteiger partial charge in [0.05, 0.1) is 11.1 Å². The number of halogens is 1. The first-order valence-corrected chi connectivity index (χ1v) is 15.8. The third-order valence-electron chi connectivity index (χ3n) is 7.68. The van der Waals surface area contributed by atoms with Crippen molar-refractivity contribution >= 4 is 56.4 Å². The number of hydrogen-bond donors (Lipinski definition) is 3. The Bertz CT molecular complexity index is 1710. The summed E-state index contributed by atoms with van der Waals surface area (Å²) in [6.45, 7) is 0.810. The van der Waals surface area contributed by atoms with E-state index >= 15 is 0 Å². The van der Waals surface area contributed by atoms with Crippen LogP contribution in [-0.4, -0.2) is 41.7 Å². The van der Waals surface area contributed by atoms with E-state index in [1.54, 1.807) is 36.5 Å². The smallest absolute Gasteiger partial charge is 0.243 e. The van der Waals surface area contributed by atoms with Crippen molar-refractivity contribution < 1.29 is 13.2 Å². The van der Waals surface area contributed by atoms with Gasteiger partial charge in [-0.15, -0.1) is 0 Å². The van der Waals surface area contributed by atoms with E-state index in [0.717, 1.165) is 34.6 Å². The lowest BCUT2D eigenvalue weighted by atomic mass is 9.94. The van der Waals surface area contributed by atoms with Gasteiger partial charge >= 0.3 is 0 Å². The molecule has 1 fully saturated rings. The van der Waals surface area contributed by atoms with Crippen LogP contribution in [0.25, 0.3) is 0 Å². The molecule has 0 radical (unpaired) electrons. The monoisotopic (exact) mass is 602 g/mol. The number of amides is 1. The Kier molecular flexibility index (Phi) is 8.10. The zero-order chi connectivity index (χ0) is 29.1. The predicted molar refractivity (Wildman–Crippen MR) is 165 cm³/mol. The Morgan fingerprint density at radius 2 is 1.74 bits per heavy atom. The molecule has 1 saturated heterocycles. The standard InChI is InChI=1S/C31H31ClN6O3S/c32-27-20-33-31-35-24-6-4-5-21(17-24)9-10-23-19-25(34-30(27)37-31)11-12-28(23)36-29(39)18-22-13-15-38(16-14-22)42(40,41)26-7-2-1-3-8-26/h1-8,11-12,17,19-20,22H,9-10,13-16,18H2,(H,36,39)(H2,33,34,35,37). The summed E-state index contributed by atoms with van der Waals surface area (Å²) in [5.41, 5.74) is 4.56. The van der Waals surface area contributed by atoms with E-state index in [9.17, 15) is 13.2 Å². The molecule has 6 rings (SSSR count). The summed E-state index contributed by atoms with van der Waals surface area (Å²) in [6.07, 6.45) is 4.66. The van der Waals surface area contributed by atoms with Crippen LogP contribution in [0.1, 0.15) is 30.4 Å². The number of nitrogens with one attached hydrogen (secondary N) is 3. The van der Waals surface area contributed by atoms with Crippen LogP contribution < -0.4 is 16.0 Å². The molecule has 6 bridgehead atoms. The third-order valence-corrected chi connectivity index (χ3v) is 9.87. The Labute approximate surface area is 250 Å². The molecule has 0 spiro atoms. The number of sulfonamides is 1. The van der Waals surface area contributed by atoms with Gasteiger partial charge in [-0.1, -0.05) is 41.9 Å². The van der Waals surface area contributed by atoms with Crippen molar-refractivity contribution in [1.29, 1.82) is 0 Å². The molecule has 2 aliphatic rings. The molecule has 3 heterocycles. The number of anilines is 5. The van der Waals surface area contributed by atoms with Gasteiger partial charge in [-0.2, -0.15) is 9.29 Å². The molecule has 9 nitrogen and oxygen atoms in total. The lowest BCUT2D eigenvalue weighted by Crippen LogP contribution is -2.39. The summed E-state index contributed by atoms with van der Waals surface area (Å²) in [4.78, 5) is 22.3. The number of fused-ring (bicyclic) bond motifs is 6. The van der Waals surface area contributed by atoms with E-state index in [-0.39, 0.29) is 11.8 Å². The van der Waals surface area contributed by atoms with E-state index in [0.29, 0.717) is 60.5 Å². The van der Waals surface area contributed by atoms with Crippen molar-refractivity contribution in [3.8, 4) is 0 Å². The van der Waals surface area contributed by atoms with Crippen molar-refractivity contribution in [1.82, 2.24) is 14.3 Å². The van der Waals surface area contributed by atoms with Gasteiger partial charge in [-0.3, -0.25) is 4.79 Å². The van der Waals surface area contributed by atoms with Crippen LogP contribution in [-0.2, 0) is 27.7 Å². The second-order valence-electron chi connectivity index (χ2n) is 10.6. The van der Waals surface area contributed by atoms with Crippen molar-refractivity contribution in [3.05, 3.63) is 95.1 Å². The van der Waals surface area contributed by atoms with Crippen LogP contribution in [0.3, 0.4) is 0 Å². The molecule has 0 saturated carbocycles. The minimum Gasteiger partial charge on any atom is -0.339 e. The topological polar surface area (TPSA) is 116 Å². The summed E-state index contributed by atoms with van der Waals surface area (Å²) in [6, 6.07) is 22.4. The molecule has 3 N–H and O–H groups in total. The fourth-order valence-corrected chi connectivity index (χ4v) is 7.05. The number of carbonyl (C=O) groups excluding carboxylic acids is 1. The Morgan fingerprint density at radius 1 is 0.952 bits per heavy atom. The van der Waals surface area contributed by atoms with Gasteiger partial charge in [0, 0.05) is 36.6 Å². The SMILES string of the molecule is O=C(CC1CCN(S(=O)(=O)c2ccccc2)CC1)Nc1ccc2cc1CCc1cccc(c1)Nc1ncc(Cl)c(n1)N2. The van der Waals surface area contributed by atoms with Gasteiger partial charge in [0.25, 0.3) is 0 Å². The number of rotatable bonds is 5. The Balaban J connectivity index is 1.15. The average molecular weight is 603 g/mol. The second kappa shape index (κ2) is 12.1. The van der Waals surface area contributed by atoms with E-state index in [1.807, 2.05) is 30.3 Å². The molecule has 4 aromatic rings. The molecule has 3 aromatic carbocycles. The summed E-state index contributed by atoms with van der Waals surface area (Å²) in [5, 5.41) is 10.0. The van der Waals surface area contributed by atoms with Crippen LogP contribution in [0, 0.1) is 5.92 Å². The normalized spacial score (nSPS) is 15.7. The molecule has 0 aliphatic carbocycles. The van der Waals surface area contributed by atoms with Gasteiger partial charge in [0.2, 0.25) is 21.9 Å². The van der Waals surface area contributed by atoms with Crippen LogP contribution >= 0.6 is 11.6 Å². The quantitative estimate of drug-likeness (QED) is 0.251. The first kappa shape index (κ1) is 28.1. The van der Waals surface area contributed by atoms with Crippen molar-refractivity contribution in [2.45, 2.75) is 37.0 Å². The van der Waals surface area contributed by atoms with Gasteiger partial charge in [-0.25, -0.2) is 13.4 Å². The molecule has 42 heavy (non-hydrogen) atoms. The summed E-state index contributed by atoms with van der Waals surface area (Å²) < 4.78 is 27.5. The molecule has 216 valence electrons. The molecule has 0 atom stereocenters. The molecular formula is C31H31ClN6O3S. The van der Waals surface area contributed by atoms with Crippen molar-refractivity contribution in [3.63, 3.8) is 0 Å². The molecule has 1 aromatic heterocycles. The third kappa shape index (κ3) is 6.41. The first-order chi connectivity index (χ1) is 20.3. The average Bonchev–Trinajstić information content (AvgIpc) is 3.00. The van der Waals surface area contributed by atoms with Gasteiger partial charge in [0.15, 0.2) is 5.82 Å². The molecule has 11 heteroatoms. The summed E-state index contributed by atoms with van der Waals surface area (Å²) >= 11 is 6.38. The number of hydrogen-bond acceptors (Lipinski definition) is 7. The number of carbonyl (C=O) groups is 1. The van der Waals surface area contributed by atoms with Gasteiger partial charge in [-0.05, 0) is 85.2 Å². The second-order valence-corrected chi connectivity index (χ2v) is 13.0. The van der Waals surface area contributed by atoms with Crippen LogP contribution in [0.15, 0.2) is 83.9 Å². The predicted octanol–water partition coefficient (Wildman–Crippen LogP) is 6.15. The highest BCUT2D eigenvalue weighted by molar-refractivity contribution is 7.89. The van der Waals surface area contributed by atoms with Gasteiger partial charge < -0.3 is 16.0 Å². The largest absolute Gasteiger partial charge is 0.339 e. The molecule has 0 unspecified atom stereocenters. The maximum absolute atomic E-state index is 13.2. The lowest BCUT2D eigenvalue weighted by Gasteiger charge is -2.31. The number of benzene rings is 3. The van der Waals surface area contributed by atoms with E-state index < -0.39 is 10.0 Å². The highest BCUT2D eigenvalue weighted by atomic mass is 35.5. The van der Waals surface area contributed by atoms with Crippen LogP contribution in [0.5, 0.6) is 0 Å². The highest BCUT2D eigenvalue weighted by Crippen LogP contribution is 2.31. The zero-order valence-electron chi connectivity index (χ0n) is 22.9. The van der Waals surface area contributed by atoms with Crippen molar-refractivity contribution in [2.24, 2.45) is 5.92 Å². The van der Waals surface area contributed by atoms with Crippen LogP contribution in [0.2, 0.25) is 5.02 Å². The first-order valence-electron chi connectivity index (χ1n) is 14.0. The summed E-state index contributed by atoms with van der Waals surface area (Å²) in [7, 11) is -3.52. The fourth-order valence-electron chi connectivity index (χ4n) is 5.42. The lowest BCUT2D eigenvalue weighted by molar-refractivity contribution is -0.117. The zero-order valence-corrected chi connectivity index (χ0v) is 24.5. The van der Waals surface area contributed by atoms with E-state index in [2.05, 4.69) is 38.1 Å². The summed E-state index contributed by atoms with van der Waals surface area (Å²) in [5.74, 6) is 0.954. The molecular weight excluding hydrogens is 572 g/mol. The Morgan fingerprint density at radius 3 is 2.55 bits per heavy atom. The van der Waals surface area contributed by atoms with Gasteiger partial charge in [0.1, 0.15) is 5.02 Å². The number of aryl methyl sites for hydroxylation is 2. The number of aromatic nitrogens is 2. The van der Waals surface area contributed by atoms with Crippen LogP contribution in [0.4, 0.5) is 28.8 Å². The minimum absolute atomic E-state index is 0.0751. The van der Waals surface area contributed by atoms with E-state index in [1.165, 1.54) is 4.31 Å². The number of nitrogens with zero attached hydrogens (tertiary/aromatic N) is 3. The van der Waals surface area contributed by atoms with Crippen molar-refractivity contribution in [2.75, 3.05) is 29.0 Å². The molecule has 2 aliphatic heterocycles. The maximum Gasteiger partial charge on any atom is 0.243 e. The minimum atomic E-state index is -3.52. The van der Waals surface area contributed by atoms with E-state index in [4.69, 9.17) is 11.6 Å². The fraction of sp³-hybridized carbons (Fsp3) is 0.258. The highest BCUT2D eigenvalue weighted by Gasteiger charge is 2.30.